The molecule has 2 heterocycles. The van der Waals surface area contributed by atoms with Gasteiger partial charge in [0.1, 0.15) is 0 Å². The highest BCUT2D eigenvalue weighted by Gasteiger charge is 2.74. The third-order valence-corrected chi connectivity index (χ3v) is 3.73. The maximum Gasteiger partial charge on any atom is 0.508 e. The van der Waals surface area contributed by atoms with Crippen LogP contribution in [-0.4, -0.2) is 14.8 Å². The lowest BCUT2D eigenvalue weighted by molar-refractivity contribution is -0.0761. The van der Waals surface area contributed by atoms with Crippen LogP contribution in [0.5, 0.6) is 0 Å². The molecular formula is CH2O6PS+. The van der Waals surface area contributed by atoms with Gasteiger partial charge in [-0.05, 0) is 8.30 Å². The van der Waals surface area contributed by atoms with Gasteiger partial charge in [-0.15, -0.1) is 4.52 Å². The number of rotatable bonds is 0. The lowest BCUT2D eigenvalue weighted by Crippen LogP contribution is -1.93. The summed E-state index contributed by atoms with van der Waals surface area (Å²) < 4.78 is 37.4. The average molecular weight is 173 g/mol. The Labute approximate surface area is 51.5 Å². The van der Waals surface area contributed by atoms with Gasteiger partial charge in [-0.2, -0.15) is 8.42 Å². The summed E-state index contributed by atoms with van der Waals surface area (Å²) in [5.41, 5.74) is 0. The van der Waals surface area contributed by atoms with E-state index < -0.39 is 18.3 Å². The van der Waals surface area contributed by atoms with Crippen LogP contribution in [0.15, 0.2) is 0 Å². The highest BCUT2D eigenvalue weighted by atomic mass is 32.3. The van der Waals surface area contributed by atoms with Gasteiger partial charge in [0.15, 0.2) is 0 Å². The summed E-state index contributed by atoms with van der Waals surface area (Å²) in [6.07, 6.45) is 0.201. The van der Waals surface area contributed by atoms with Crippen molar-refractivity contribution in [2.75, 3.05) is 6.35 Å². The van der Waals surface area contributed by atoms with E-state index in [0.717, 1.165) is 0 Å². The van der Waals surface area contributed by atoms with E-state index in [1.165, 1.54) is 0 Å². The second kappa shape index (κ2) is 1.45. The molecule has 1 atom stereocenters. The number of hydrogen-bond acceptors (Lipinski definition) is 6. The van der Waals surface area contributed by atoms with Crippen LogP contribution in [0.2, 0.25) is 0 Å². The molecule has 0 saturated carbocycles. The first-order chi connectivity index (χ1) is 4.12. The minimum absolute atomic E-state index is 0.201. The largest absolute Gasteiger partial charge is 0.508 e. The minimum atomic E-state index is -3.89. The fraction of sp³-hybridized carbons (Fsp3) is 1.00. The monoisotopic (exact) mass is 173 g/mol. The molecule has 2 aliphatic heterocycles. The molecule has 2 fully saturated rings. The van der Waals surface area contributed by atoms with E-state index in [4.69, 9.17) is 0 Å². The molecule has 6 nitrogen and oxygen atoms in total. The van der Waals surface area contributed by atoms with Gasteiger partial charge in [0.05, 0.1) is 0 Å². The Morgan fingerprint density at radius 1 is 1.44 bits per heavy atom. The standard InChI is InChI=1S/CH2O6PS/c2-9(3)6-5-8(7-9)1-4-8/h1H2/q+1. The third-order valence-electron chi connectivity index (χ3n) is 0.772. The highest BCUT2D eigenvalue weighted by molar-refractivity contribution is 7.91. The van der Waals surface area contributed by atoms with Gasteiger partial charge < -0.3 is 0 Å². The highest BCUT2D eigenvalue weighted by Crippen LogP contribution is 2.79. The fourth-order valence-electron chi connectivity index (χ4n) is 0.381. The van der Waals surface area contributed by atoms with Gasteiger partial charge in [0.25, 0.3) is 6.35 Å². The van der Waals surface area contributed by atoms with E-state index in [0.29, 0.717) is 0 Å². The van der Waals surface area contributed by atoms with Crippen molar-refractivity contribution in [2.45, 2.75) is 0 Å². The van der Waals surface area contributed by atoms with E-state index in [9.17, 15) is 8.42 Å². The molecule has 0 aliphatic carbocycles. The van der Waals surface area contributed by atoms with Crippen LogP contribution in [0.4, 0.5) is 0 Å². The van der Waals surface area contributed by atoms with Crippen LogP contribution in [0.25, 0.3) is 0 Å². The first kappa shape index (κ1) is 5.96. The Balaban J connectivity index is 2.27. The summed E-state index contributed by atoms with van der Waals surface area (Å²) in [7, 11) is -6.36. The van der Waals surface area contributed by atoms with Crippen molar-refractivity contribution < 1.29 is 25.9 Å². The molecule has 0 N–H and O–H groups in total. The van der Waals surface area contributed by atoms with Crippen molar-refractivity contribution >= 4 is 18.3 Å². The Morgan fingerprint density at radius 3 is 2.33 bits per heavy atom. The first-order valence-corrected chi connectivity index (χ1v) is 5.05. The van der Waals surface area contributed by atoms with Crippen molar-refractivity contribution in [3.05, 3.63) is 0 Å². The van der Waals surface area contributed by atoms with Crippen LogP contribution in [0.3, 0.4) is 0 Å². The van der Waals surface area contributed by atoms with Crippen molar-refractivity contribution in [3.63, 3.8) is 0 Å². The van der Waals surface area contributed by atoms with E-state index >= 15 is 0 Å². The number of hydrogen-bond donors (Lipinski definition) is 0. The predicted molar refractivity (Wildman–Crippen MR) is 25.0 cm³/mol. The second-order valence-corrected chi connectivity index (χ2v) is 4.93. The van der Waals surface area contributed by atoms with Gasteiger partial charge in [0, 0.05) is 4.67 Å². The molecular weight excluding hydrogens is 171 g/mol. The third kappa shape index (κ3) is 0.958. The van der Waals surface area contributed by atoms with Gasteiger partial charge in [0.2, 0.25) is 0 Å². The molecule has 0 aromatic rings. The molecule has 1 unspecified atom stereocenters. The Kier molecular flexibility index (Phi) is 0.958. The molecule has 0 aromatic heterocycles. The van der Waals surface area contributed by atoms with Crippen LogP contribution >= 0.6 is 7.94 Å². The molecule has 0 bridgehead atoms. The first-order valence-electron chi connectivity index (χ1n) is 1.99. The van der Waals surface area contributed by atoms with E-state index in [2.05, 4.69) is 17.5 Å². The van der Waals surface area contributed by atoms with Crippen molar-refractivity contribution in [2.24, 2.45) is 0 Å². The van der Waals surface area contributed by atoms with Gasteiger partial charge >= 0.3 is 18.3 Å². The Hall–Kier alpha value is 0.220. The van der Waals surface area contributed by atoms with Gasteiger partial charge in [-0.1, -0.05) is 0 Å². The average Bonchev–Trinajstić information content (AvgIpc) is 2.36. The Morgan fingerprint density at radius 2 is 2.11 bits per heavy atom. The lowest BCUT2D eigenvalue weighted by atomic mass is 11.7. The summed E-state index contributed by atoms with van der Waals surface area (Å²) in [5, 5.41) is 0. The predicted octanol–water partition coefficient (Wildman–Crippen LogP) is -0.0401. The topological polar surface area (TPSA) is 74.4 Å². The van der Waals surface area contributed by atoms with E-state index in [1.807, 2.05) is 0 Å². The molecule has 9 heavy (non-hydrogen) atoms. The molecule has 2 rings (SSSR count). The molecule has 2 aliphatic rings. The van der Waals surface area contributed by atoms with Crippen LogP contribution in [0.1, 0.15) is 0 Å². The lowest BCUT2D eigenvalue weighted by Gasteiger charge is -1.73. The molecule has 1 spiro atoms. The maximum absolute atomic E-state index is 10.3. The Bertz CT molecular complexity index is 225. The van der Waals surface area contributed by atoms with Crippen molar-refractivity contribution in [1.82, 2.24) is 0 Å². The zero-order valence-corrected chi connectivity index (χ0v) is 5.72. The van der Waals surface area contributed by atoms with Gasteiger partial charge in [-0.3, -0.25) is 0 Å². The fourth-order valence-corrected chi connectivity index (χ4v) is 3.17. The molecule has 0 radical (unpaired) electrons. The van der Waals surface area contributed by atoms with Crippen molar-refractivity contribution in [1.29, 1.82) is 0 Å². The molecule has 2 saturated heterocycles. The molecule has 52 valence electrons. The summed E-state index contributed by atoms with van der Waals surface area (Å²) in [6, 6.07) is 0. The maximum atomic E-state index is 10.3. The van der Waals surface area contributed by atoms with Crippen molar-refractivity contribution in [3.8, 4) is 0 Å². The second-order valence-electron chi connectivity index (χ2n) is 1.49. The normalized spacial score (nSPS) is 45.8. The summed E-state index contributed by atoms with van der Waals surface area (Å²) in [5.74, 6) is 0. The van der Waals surface area contributed by atoms with Crippen LogP contribution in [0, 0.1) is 0 Å². The van der Waals surface area contributed by atoms with E-state index in [1.54, 1.807) is 0 Å². The molecule has 8 heteroatoms. The molecule has 0 amide bonds. The SMILES string of the molecule is O=S1(=O)OO[P+]2(CO2)O1. The zero-order chi connectivity index (χ0) is 6.54. The summed E-state index contributed by atoms with van der Waals surface area (Å²) >= 11 is 0. The zero-order valence-electron chi connectivity index (χ0n) is 4.01. The van der Waals surface area contributed by atoms with Crippen LogP contribution in [-0.2, 0) is 27.9 Å². The van der Waals surface area contributed by atoms with E-state index in [-0.39, 0.29) is 6.35 Å². The summed E-state index contributed by atoms with van der Waals surface area (Å²) in [6.45, 7) is 0. The summed E-state index contributed by atoms with van der Waals surface area (Å²) in [4.78, 5) is 0. The van der Waals surface area contributed by atoms with Crippen LogP contribution < -0.4 is 0 Å². The minimum Gasteiger partial charge on any atom is -0.163 e. The quantitative estimate of drug-likeness (QED) is 0.290. The smallest absolute Gasteiger partial charge is 0.163 e. The molecule has 0 aromatic carbocycles. The van der Waals surface area contributed by atoms with Gasteiger partial charge in [-0.25, -0.2) is 0 Å².